The van der Waals surface area contributed by atoms with Gasteiger partial charge in [0.2, 0.25) is 0 Å². The molecule has 0 aliphatic heterocycles. The second kappa shape index (κ2) is 7.09. The topological polar surface area (TPSA) is 74.2 Å². The van der Waals surface area contributed by atoms with Crippen molar-refractivity contribution >= 4 is 26.6 Å². The molecule has 1 aliphatic carbocycles. The molecule has 1 aliphatic rings. The number of fused-ring (bicyclic) bond motifs is 1. The van der Waals surface area contributed by atoms with Crippen LogP contribution in [0, 0.1) is 5.92 Å². The molecular weight excluding hydrogens is 322 g/mol. The molecule has 2 heterocycles. The van der Waals surface area contributed by atoms with Gasteiger partial charge < -0.3 is 9.88 Å². The van der Waals surface area contributed by atoms with Gasteiger partial charge in [-0.05, 0) is 37.7 Å². The molecule has 0 aromatic carbocycles. The van der Waals surface area contributed by atoms with E-state index < -0.39 is 9.73 Å². The van der Waals surface area contributed by atoms with Crippen molar-refractivity contribution in [3.05, 3.63) is 18.6 Å². The van der Waals surface area contributed by atoms with E-state index in [4.69, 9.17) is 0 Å². The van der Waals surface area contributed by atoms with Crippen molar-refractivity contribution in [1.82, 2.24) is 15.0 Å². The zero-order valence-corrected chi connectivity index (χ0v) is 15.6. The minimum absolute atomic E-state index is 0.477. The molecule has 1 N–H and O–H groups in total. The first kappa shape index (κ1) is 17.2. The van der Waals surface area contributed by atoms with Crippen LogP contribution >= 0.6 is 0 Å². The Kier molecular flexibility index (Phi) is 5.08. The molecule has 2 aromatic rings. The average molecular weight is 350 g/mol. The van der Waals surface area contributed by atoms with Crippen molar-refractivity contribution in [1.29, 1.82) is 0 Å². The molecule has 1 unspecified atom stereocenters. The monoisotopic (exact) mass is 349 g/mol. The van der Waals surface area contributed by atoms with Gasteiger partial charge in [-0.15, -0.1) is 0 Å². The molecule has 0 spiro atoms. The van der Waals surface area contributed by atoms with Gasteiger partial charge in [0.1, 0.15) is 17.8 Å². The van der Waals surface area contributed by atoms with Gasteiger partial charge in [-0.1, -0.05) is 6.92 Å². The summed E-state index contributed by atoms with van der Waals surface area (Å²) in [6.45, 7) is 1.98. The van der Waals surface area contributed by atoms with Crippen molar-refractivity contribution < 1.29 is 4.21 Å². The van der Waals surface area contributed by atoms with Gasteiger partial charge in [-0.3, -0.25) is 0 Å². The summed E-state index contributed by atoms with van der Waals surface area (Å²) in [6, 6.07) is 2.51. The van der Waals surface area contributed by atoms with Crippen LogP contribution in [-0.4, -0.2) is 50.8 Å². The zero-order chi connectivity index (χ0) is 17.2. The van der Waals surface area contributed by atoms with Gasteiger partial charge in [0.05, 0.1) is 5.39 Å². The zero-order valence-electron chi connectivity index (χ0n) is 14.7. The molecule has 7 heteroatoms. The van der Waals surface area contributed by atoms with E-state index in [0.717, 1.165) is 48.3 Å². The van der Waals surface area contributed by atoms with Crippen LogP contribution < -0.4 is 4.90 Å². The minimum atomic E-state index is -1.99. The third-order valence-electron chi connectivity index (χ3n) is 5.31. The quantitative estimate of drug-likeness (QED) is 0.900. The van der Waals surface area contributed by atoms with E-state index in [-0.39, 0.29) is 0 Å². The number of hydrogen-bond donors (Lipinski definition) is 1. The van der Waals surface area contributed by atoms with Crippen molar-refractivity contribution in [3.63, 3.8) is 0 Å². The molecule has 2 aromatic heterocycles. The summed E-state index contributed by atoms with van der Waals surface area (Å²) in [5.41, 5.74) is 0.882. The van der Waals surface area contributed by atoms with Crippen molar-refractivity contribution in [2.24, 2.45) is 10.3 Å². The minimum Gasteiger partial charge on any atom is -0.356 e. The first-order valence-corrected chi connectivity index (χ1v) is 10.5. The fraction of sp³-hybridized carbons (Fsp3) is 0.647. The molecule has 0 bridgehead atoms. The predicted molar refractivity (Wildman–Crippen MR) is 99.9 cm³/mol. The highest BCUT2D eigenvalue weighted by Gasteiger charge is 2.27. The number of aromatic nitrogens is 3. The highest BCUT2D eigenvalue weighted by molar-refractivity contribution is 7.93. The summed E-state index contributed by atoms with van der Waals surface area (Å²) < 4.78 is 16.7. The van der Waals surface area contributed by atoms with Gasteiger partial charge in [0, 0.05) is 47.6 Å². The average Bonchev–Trinajstić information content (AvgIpc) is 3.10. The van der Waals surface area contributed by atoms with Crippen LogP contribution in [-0.2, 0) is 9.73 Å². The number of rotatable bonds is 5. The van der Waals surface area contributed by atoms with Gasteiger partial charge in [-0.25, -0.2) is 18.5 Å². The van der Waals surface area contributed by atoms with Crippen molar-refractivity contribution in [3.8, 4) is 0 Å². The molecule has 24 heavy (non-hydrogen) atoms. The first-order chi connectivity index (χ1) is 11.6. The van der Waals surface area contributed by atoms with Crippen molar-refractivity contribution in [2.75, 3.05) is 30.5 Å². The second-order valence-corrected chi connectivity index (χ2v) is 9.45. The molecule has 1 atom stereocenters. The maximum Gasteiger partial charge on any atom is 0.142 e. The summed E-state index contributed by atoms with van der Waals surface area (Å²) >= 11 is 0. The predicted octanol–water partition coefficient (Wildman–Crippen LogP) is 3.07. The third-order valence-corrected chi connectivity index (χ3v) is 7.87. The van der Waals surface area contributed by atoms with Crippen LogP contribution in [0.2, 0.25) is 0 Å². The normalized spacial score (nSPS) is 23.8. The summed E-state index contributed by atoms with van der Waals surface area (Å²) in [5, 5.41) is 1.07. The molecule has 1 fully saturated rings. The number of H-pyrrole nitrogens is 1. The first-order valence-electron chi connectivity index (χ1n) is 8.68. The number of nitrogens with zero attached hydrogens (tertiary/aromatic N) is 4. The SMILES string of the molecule is CCS(=O)(C[C@H]1CC[C@H](N(C)c2ncnc3[nH]ccc23)CC1)=NC. The third kappa shape index (κ3) is 3.41. The largest absolute Gasteiger partial charge is 0.356 e. The smallest absolute Gasteiger partial charge is 0.142 e. The van der Waals surface area contributed by atoms with Crippen LogP contribution in [0.5, 0.6) is 0 Å². The van der Waals surface area contributed by atoms with Gasteiger partial charge >= 0.3 is 0 Å². The van der Waals surface area contributed by atoms with Gasteiger partial charge in [0.25, 0.3) is 0 Å². The van der Waals surface area contributed by atoms with E-state index in [1.807, 2.05) is 19.2 Å². The summed E-state index contributed by atoms with van der Waals surface area (Å²) in [6.07, 6.45) is 7.98. The number of aromatic amines is 1. The van der Waals surface area contributed by atoms with E-state index in [1.54, 1.807) is 13.4 Å². The van der Waals surface area contributed by atoms with Crippen LogP contribution in [0.25, 0.3) is 11.0 Å². The Bertz CT molecular complexity index is 800. The lowest BCUT2D eigenvalue weighted by atomic mass is 9.86. The number of anilines is 1. The maximum atomic E-state index is 12.5. The Hall–Kier alpha value is -1.63. The summed E-state index contributed by atoms with van der Waals surface area (Å²) in [5.74, 6) is 2.94. The molecule has 0 saturated heterocycles. The Morgan fingerprint density at radius 1 is 1.33 bits per heavy atom. The van der Waals surface area contributed by atoms with E-state index in [9.17, 15) is 4.21 Å². The lowest BCUT2D eigenvalue weighted by molar-refractivity contribution is 0.342. The molecule has 6 nitrogen and oxygen atoms in total. The fourth-order valence-electron chi connectivity index (χ4n) is 3.70. The number of hydrogen-bond acceptors (Lipinski definition) is 5. The molecule has 1 saturated carbocycles. The maximum absolute atomic E-state index is 12.5. The molecule has 132 valence electrons. The molecular formula is C17H27N5OS. The highest BCUT2D eigenvalue weighted by Crippen LogP contribution is 2.32. The van der Waals surface area contributed by atoms with Crippen LogP contribution in [0.1, 0.15) is 32.6 Å². The lowest BCUT2D eigenvalue weighted by Gasteiger charge is -2.35. The molecule has 0 amide bonds. The lowest BCUT2D eigenvalue weighted by Crippen LogP contribution is -2.37. The standard InChI is InChI=1S/C17H27N5OS/c1-4-24(23,18-2)11-13-5-7-14(8-6-13)22(3)17-15-9-10-19-16(15)20-12-21-17/h9-10,12-14H,4-8,11H2,1-3H3,(H,19,20,21)/t13-,14-,24?. The Morgan fingerprint density at radius 2 is 2.08 bits per heavy atom. The second-order valence-electron chi connectivity index (χ2n) is 6.63. The Balaban J connectivity index is 1.66. The van der Waals surface area contributed by atoms with E-state index in [0.29, 0.717) is 17.7 Å². The van der Waals surface area contributed by atoms with E-state index >= 15 is 0 Å². The van der Waals surface area contributed by atoms with Crippen molar-refractivity contribution in [2.45, 2.75) is 38.6 Å². The Labute approximate surface area is 144 Å². The van der Waals surface area contributed by atoms with Gasteiger partial charge in [0.15, 0.2) is 0 Å². The summed E-state index contributed by atoms with van der Waals surface area (Å²) in [4.78, 5) is 14.2. The van der Waals surface area contributed by atoms with Crippen LogP contribution in [0.4, 0.5) is 5.82 Å². The van der Waals surface area contributed by atoms with Gasteiger partial charge in [-0.2, -0.15) is 0 Å². The molecule has 3 rings (SSSR count). The van der Waals surface area contributed by atoms with Crippen LogP contribution in [0.3, 0.4) is 0 Å². The Morgan fingerprint density at radius 3 is 2.75 bits per heavy atom. The van der Waals surface area contributed by atoms with E-state index in [2.05, 4.69) is 31.3 Å². The number of nitrogens with one attached hydrogen (secondary N) is 1. The fourth-order valence-corrected chi connectivity index (χ4v) is 5.41. The van der Waals surface area contributed by atoms with Crippen LogP contribution in [0.15, 0.2) is 23.0 Å². The van der Waals surface area contributed by atoms with E-state index in [1.165, 1.54) is 0 Å². The highest BCUT2D eigenvalue weighted by atomic mass is 32.2. The molecule has 0 radical (unpaired) electrons. The summed E-state index contributed by atoms with van der Waals surface area (Å²) in [7, 11) is 1.83.